The van der Waals surface area contributed by atoms with Gasteiger partial charge in [0.2, 0.25) is 5.95 Å². The van der Waals surface area contributed by atoms with Gasteiger partial charge in [-0.25, -0.2) is 4.99 Å². The average molecular weight is 553 g/mol. The number of benzene rings is 2. The molecule has 5 heterocycles. The van der Waals surface area contributed by atoms with Crippen LogP contribution < -0.4 is 10.3 Å². The van der Waals surface area contributed by atoms with Crippen molar-refractivity contribution in [2.45, 2.75) is 31.2 Å². The first-order valence-corrected chi connectivity index (χ1v) is 13.5. The van der Waals surface area contributed by atoms with Gasteiger partial charge < -0.3 is 9.30 Å². The number of halogens is 2. The van der Waals surface area contributed by atoms with Crippen LogP contribution in [0.15, 0.2) is 88.3 Å². The van der Waals surface area contributed by atoms with Crippen LogP contribution in [0.2, 0.25) is 5.02 Å². The normalized spacial score (nSPS) is 22.5. The molecule has 8 nitrogen and oxygen atoms in total. The molecule has 10 heteroatoms. The molecule has 0 bridgehead atoms. The van der Waals surface area contributed by atoms with Gasteiger partial charge in [-0.2, -0.15) is 9.07 Å². The zero-order chi connectivity index (χ0) is 27.1. The Labute approximate surface area is 233 Å². The maximum Gasteiger partial charge on any atom is 0.251 e. The smallest absolute Gasteiger partial charge is 0.251 e. The largest absolute Gasteiger partial charge is 0.489 e. The average Bonchev–Trinajstić information content (AvgIpc) is 3.23. The summed E-state index contributed by atoms with van der Waals surface area (Å²) in [5.74, 6) is 0.676. The number of rotatable bonds is 4. The molecule has 198 valence electrons. The van der Waals surface area contributed by atoms with Crippen molar-refractivity contribution >= 4 is 17.3 Å². The zero-order valence-corrected chi connectivity index (χ0v) is 22.0. The molecule has 0 amide bonds. The van der Waals surface area contributed by atoms with Crippen LogP contribution in [-0.2, 0) is 6.42 Å². The third kappa shape index (κ3) is 3.61. The van der Waals surface area contributed by atoms with Crippen molar-refractivity contribution in [2.75, 3.05) is 6.61 Å². The molecule has 2 aromatic heterocycles. The third-order valence-electron chi connectivity index (χ3n) is 8.35. The molecule has 1 saturated carbocycles. The Morgan fingerprint density at radius 2 is 1.98 bits per heavy atom. The van der Waals surface area contributed by atoms with Gasteiger partial charge in [0.15, 0.2) is 0 Å². The fourth-order valence-electron chi connectivity index (χ4n) is 6.45. The number of tetrazole rings is 1. The van der Waals surface area contributed by atoms with Crippen LogP contribution in [-0.4, -0.2) is 37.1 Å². The van der Waals surface area contributed by atoms with E-state index in [0.29, 0.717) is 35.0 Å². The van der Waals surface area contributed by atoms with E-state index in [0.717, 1.165) is 52.1 Å². The van der Waals surface area contributed by atoms with Crippen LogP contribution >= 0.6 is 11.6 Å². The van der Waals surface area contributed by atoms with Gasteiger partial charge in [-0.15, -0.1) is 5.10 Å². The Hall–Kier alpha value is -4.37. The van der Waals surface area contributed by atoms with E-state index in [2.05, 4.69) is 27.1 Å². The number of aliphatic imine (C=N–C) groups is 1. The summed E-state index contributed by atoms with van der Waals surface area (Å²) in [6.45, 7) is 4.49. The van der Waals surface area contributed by atoms with Gasteiger partial charge in [-0.05, 0) is 69.8 Å². The number of pyridine rings is 1. The van der Waals surface area contributed by atoms with Crippen molar-refractivity contribution in [1.82, 2.24) is 24.8 Å². The monoisotopic (exact) mass is 552 g/mol. The standard InChI is InChI=1S/C30H22ClFN6O2/c1-15-6-17-3-2-16(8-27(17)40-13-15)24-12-23(30(32)34-24)29-22-11-21(22)26-7-18(9-28(39)38(26)29)20-10-19(31)4-5-25(20)37-14-33-35-36-37/h2-5,7-10,14,21-22,29H,1,6,11-13H2. The Kier molecular flexibility index (Phi) is 5.03. The molecule has 40 heavy (non-hydrogen) atoms. The third-order valence-corrected chi connectivity index (χ3v) is 8.59. The molecular weight excluding hydrogens is 531 g/mol. The number of allylic oxidation sites excluding steroid dienone is 1. The van der Waals surface area contributed by atoms with Crippen molar-refractivity contribution in [3.05, 3.63) is 111 Å². The summed E-state index contributed by atoms with van der Waals surface area (Å²) in [5.41, 5.74) is 7.08. The van der Waals surface area contributed by atoms with Crippen molar-refractivity contribution < 1.29 is 9.13 Å². The van der Waals surface area contributed by atoms with Gasteiger partial charge in [-0.1, -0.05) is 30.3 Å². The highest BCUT2D eigenvalue weighted by Crippen LogP contribution is 2.62. The summed E-state index contributed by atoms with van der Waals surface area (Å²) in [6, 6.07) is 14.5. The summed E-state index contributed by atoms with van der Waals surface area (Å²) < 4.78 is 24.6. The molecule has 0 spiro atoms. The second-order valence-electron chi connectivity index (χ2n) is 10.8. The molecule has 1 fully saturated rings. The lowest BCUT2D eigenvalue weighted by Crippen LogP contribution is -2.26. The molecule has 0 saturated heterocycles. The molecule has 4 aliphatic rings. The molecule has 2 aromatic carbocycles. The van der Waals surface area contributed by atoms with Crippen LogP contribution in [0, 0.1) is 5.92 Å². The maximum atomic E-state index is 15.5. The zero-order valence-electron chi connectivity index (χ0n) is 21.2. The van der Waals surface area contributed by atoms with Crippen molar-refractivity contribution in [2.24, 2.45) is 10.9 Å². The Morgan fingerprint density at radius 1 is 1.07 bits per heavy atom. The minimum absolute atomic E-state index is 0.175. The van der Waals surface area contributed by atoms with Gasteiger partial charge in [-0.3, -0.25) is 4.79 Å². The lowest BCUT2D eigenvalue weighted by molar-refractivity contribution is 0.332. The molecule has 3 aliphatic heterocycles. The number of fused-ring (bicyclic) bond motifs is 4. The topological polar surface area (TPSA) is 87.2 Å². The summed E-state index contributed by atoms with van der Waals surface area (Å²) in [7, 11) is 0. The Balaban J connectivity index is 1.14. The first-order chi connectivity index (χ1) is 19.4. The van der Waals surface area contributed by atoms with Gasteiger partial charge in [0, 0.05) is 52.2 Å². The van der Waals surface area contributed by atoms with E-state index in [9.17, 15) is 4.79 Å². The SMILES string of the molecule is C=C1COc2cc(C3=NC(F)=C(C4C5CC5c5cc(-c6cc(Cl)ccc6-n6cnnn6)cc(=O)n54)C3)ccc2C1. The molecule has 3 atom stereocenters. The van der Waals surface area contributed by atoms with Gasteiger partial charge >= 0.3 is 0 Å². The highest BCUT2D eigenvalue weighted by atomic mass is 35.5. The van der Waals surface area contributed by atoms with E-state index < -0.39 is 5.95 Å². The molecule has 0 N–H and O–H groups in total. The fraction of sp³-hybridized carbons (Fsp3) is 0.233. The van der Waals surface area contributed by atoms with Crippen LogP contribution in [0.1, 0.15) is 41.6 Å². The van der Waals surface area contributed by atoms with Crippen LogP contribution in [0.3, 0.4) is 0 Å². The van der Waals surface area contributed by atoms with Gasteiger partial charge in [0.05, 0.1) is 17.4 Å². The number of nitrogens with zero attached hydrogens (tertiary/aromatic N) is 6. The number of aromatic nitrogens is 5. The molecule has 0 radical (unpaired) electrons. The fourth-order valence-corrected chi connectivity index (χ4v) is 6.62. The van der Waals surface area contributed by atoms with Gasteiger partial charge in [0.25, 0.3) is 5.56 Å². The second kappa shape index (κ2) is 8.56. The summed E-state index contributed by atoms with van der Waals surface area (Å²) >= 11 is 6.34. The van der Waals surface area contributed by atoms with Crippen LogP contribution in [0.25, 0.3) is 16.8 Å². The van der Waals surface area contributed by atoms with Gasteiger partial charge in [0.1, 0.15) is 18.7 Å². The molecular formula is C30H22ClFN6O2. The number of hydrogen-bond donors (Lipinski definition) is 0. The Bertz CT molecular complexity index is 1880. The highest BCUT2D eigenvalue weighted by Gasteiger charge is 2.55. The Morgan fingerprint density at radius 3 is 2.83 bits per heavy atom. The second-order valence-corrected chi connectivity index (χ2v) is 11.3. The predicted molar refractivity (Wildman–Crippen MR) is 148 cm³/mol. The predicted octanol–water partition coefficient (Wildman–Crippen LogP) is 5.37. The van der Waals surface area contributed by atoms with E-state index in [-0.39, 0.29) is 23.4 Å². The van der Waals surface area contributed by atoms with E-state index in [1.165, 1.54) is 6.33 Å². The lowest BCUT2D eigenvalue weighted by atomic mass is 9.95. The first-order valence-electron chi connectivity index (χ1n) is 13.1. The molecule has 1 aliphatic carbocycles. The number of hydrogen-bond acceptors (Lipinski definition) is 6. The van der Waals surface area contributed by atoms with E-state index >= 15 is 4.39 Å². The van der Waals surface area contributed by atoms with Crippen molar-refractivity contribution in [3.8, 4) is 22.6 Å². The maximum absolute atomic E-state index is 15.5. The lowest BCUT2D eigenvalue weighted by Gasteiger charge is -2.21. The quantitative estimate of drug-likeness (QED) is 0.251. The first kappa shape index (κ1) is 23.5. The van der Waals surface area contributed by atoms with E-state index in [1.54, 1.807) is 27.4 Å². The minimum atomic E-state index is -0.489. The minimum Gasteiger partial charge on any atom is -0.489 e. The molecule has 8 rings (SSSR count). The summed E-state index contributed by atoms with van der Waals surface area (Å²) in [4.78, 5) is 18.0. The van der Waals surface area contributed by atoms with Crippen molar-refractivity contribution in [1.29, 1.82) is 0 Å². The van der Waals surface area contributed by atoms with Crippen LogP contribution in [0.5, 0.6) is 5.75 Å². The highest BCUT2D eigenvalue weighted by molar-refractivity contribution is 6.31. The number of ether oxygens (including phenoxy) is 1. The van der Waals surface area contributed by atoms with Crippen molar-refractivity contribution in [3.63, 3.8) is 0 Å². The summed E-state index contributed by atoms with van der Waals surface area (Å²) in [5, 5.41) is 12.0. The molecule has 4 aromatic rings. The van der Waals surface area contributed by atoms with Crippen LogP contribution in [0.4, 0.5) is 4.39 Å². The summed E-state index contributed by atoms with van der Waals surface area (Å²) in [6.07, 6.45) is 3.54. The van der Waals surface area contributed by atoms with E-state index in [1.807, 2.05) is 30.3 Å². The van der Waals surface area contributed by atoms with E-state index in [4.69, 9.17) is 16.3 Å². The molecule has 3 unspecified atom stereocenters.